The van der Waals surface area contributed by atoms with Crippen LogP contribution in [0, 0.1) is 5.92 Å². The summed E-state index contributed by atoms with van der Waals surface area (Å²) < 4.78 is 5.76. The van der Waals surface area contributed by atoms with Gasteiger partial charge >= 0.3 is 6.03 Å². The summed E-state index contributed by atoms with van der Waals surface area (Å²) in [6.07, 6.45) is 1.12. The van der Waals surface area contributed by atoms with Crippen molar-refractivity contribution in [1.82, 2.24) is 10.6 Å². The number of nitrogens with one attached hydrogen (secondary N) is 3. The third-order valence-electron chi connectivity index (χ3n) is 2.52. The molecule has 1 aromatic heterocycles. The highest BCUT2D eigenvalue weighted by Gasteiger charge is 2.15. The molecular formula is C10H14BrN3O2. The standard InChI is InChI=1S/C10H14BrN3O2/c11-8-1-2-9(16-8)14-10(15)13-6-7-3-4-12-5-7/h1-2,7,12H,3-6H2,(H2,13,14,15). The van der Waals surface area contributed by atoms with E-state index in [0.29, 0.717) is 23.0 Å². The molecule has 0 radical (unpaired) electrons. The molecule has 0 saturated carbocycles. The zero-order chi connectivity index (χ0) is 11.4. The van der Waals surface area contributed by atoms with E-state index in [9.17, 15) is 4.79 Å². The molecule has 16 heavy (non-hydrogen) atoms. The maximum Gasteiger partial charge on any atom is 0.321 e. The van der Waals surface area contributed by atoms with Crippen molar-refractivity contribution >= 4 is 27.8 Å². The number of halogens is 1. The maximum absolute atomic E-state index is 11.5. The van der Waals surface area contributed by atoms with Gasteiger partial charge in [-0.15, -0.1) is 0 Å². The average molecular weight is 288 g/mol. The van der Waals surface area contributed by atoms with Gasteiger partial charge in [-0.05, 0) is 47.4 Å². The van der Waals surface area contributed by atoms with Crippen molar-refractivity contribution in [2.45, 2.75) is 6.42 Å². The minimum Gasteiger partial charge on any atom is -0.434 e. The van der Waals surface area contributed by atoms with Gasteiger partial charge in [0.15, 0.2) is 4.67 Å². The third kappa shape index (κ3) is 3.24. The molecule has 0 spiro atoms. The van der Waals surface area contributed by atoms with Crippen molar-refractivity contribution in [1.29, 1.82) is 0 Å². The summed E-state index contributed by atoms with van der Waals surface area (Å²) >= 11 is 3.17. The second-order valence-corrected chi connectivity index (χ2v) is 4.58. The van der Waals surface area contributed by atoms with Crippen LogP contribution in [0.15, 0.2) is 21.2 Å². The van der Waals surface area contributed by atoms with E-state index < -0.39 is 0 Å². The van der Waals surface area contributed by atoms with E-state index in [0.717, 1.165) is 19.5 Å². The monoisotopic (exact) mass is 287 g/mol. The zero-order valence-electron chi connectivity index (χ0n) is 8.75. The highest BCUT2D eigenvalue weighted by Crippen LogP contribution is 2.17. The molecule has 1 saturated heterocycles. The van der Waals surface area contributed by atoms with E-state index in [1.54, 1.807) is 12.1 Å². The Kier molecular flexibility index (Phi) is 3.84. The lowest BCUT2D eigenvalue weighted by Crippen LogP contribution is -2.33. The van der Waals surface area contributed by atoms with Crippen LogP contribution in [-0.2, 0) is 0 Å². The van der Waals surface area contributed by atoms with Gasteiger partial charge in [-0.1, -0.05) is 0 Å². The molecule has 1 unspecified atom stereocenters. The molecule has 2 amide bonds. The normalized spacial score (nSPS) is 19.7. The van der Waals surface area contributed by atoms with Crippen LogP contribution in [0.3, 0.4) is 0 Å². The minimum absolute atomic E-state index is 0.228. The van der Waals surface area contributed by atoms with Crippen LogP contribution in [0.4, 0.5) is 10.7 Å². The molecule has 1 fully saturated rings. The molecule has 2 heterocycles. The van der Waals surface area contributed by atoms with Crippen LogP contribution in [0.2, 0.25) is 0 Å². The van der Waals surface area contributed by atoms with E-state index in [1.807, 2.05) is 0 Å². The van der Waals surface area contributed by atoms with E-state index in [1.165, 1.54) is 0 Å². The lowest BCUT2D eigenvalue weighted by molar-refractivity contribution is 0.250. The van der Waals surface area contributed by atoms with Crippen LogP contribution in [0.1, 0.15) is 6.42 Å². The second kappa shape index (κ2) is 5.36. The number of rotatable bonds is 3. The molecule has 1 aliphatic heterocycles. The van der Waals surface area contributed by atoms with E-state index in [-0.39, 0.29) is 6.03 Å². The summed E-state index contributed by atoms with van der Waals surface area (Å²) in [6, 6.07) is 3.20. The number of amides is 2. The Balaban J connectivity index is 1.71. The van der Waals surface area contributed by atoms with Crippen molar-refractivity contribution in [2.75, 3.05) is 25.0 Å². The minimum atomic E-state index is -0.228. The largest absolute Gasteiger partial charge is 0.434 e. The molecule has 88 valence electrons. The number of anilines is 1. The SMILES string of the molecule is O=C(NCC1CCNC1)Nc1ccc(Br)o1. The molecule has 6 heteroatoms. The summed E-state index contributed by atoms with van der Waals surface area (Å²) in [5.41, 5.74) is 0. The van der Waals surface area contributed by atoms with Crippen molar-refractivity contribution in [3.63, 3.8) is 0 Å². The number of carbonyl (C=O) groups excluding carboxylic acids is 1. The Morgan fingerprint density at radius 3 is 3.12 bits per heavy atom. The summed E-state index contributed by atoms with van der Waals surface area (Å²) in [5, 5.41) is 8.69. The lowest BCUT2D eigenvalue weighted by atomic mass is 10.1. The van der Waals surface area contributed by atoms with Crippen LogP contribution in [0.5, 0.6) is 0 Å². The third-order valence-corrected chi connectivity index (χ3v) is 2.95. The van der Waals surface area contributed by atoms with Crippen molar-refractivity contribution in [2.24, 2.45) is 5.92 Å². The van der Waals surface area contributed by atoms with Gasteiger partial charge in [-0.25, -0.2) is 4.79 Å². The topological polar surface area (TPSA) is 66.3 Å². The van der Waals surface area contributed by atoms with E-state index in [4.69, 9.17) is 4.42 Å². The first-order valence-corrected chi connectivity index (χ1v) is 6.04. The first-order chi connectivity index (χ1) is 7.74. The average Bonchev–Trinajstić information content (AvgIpc) is 2.87. The highest BCUT2D eigenvalue weighted by atomic mass is 79.9. The van der Waals surface area contributed by atoms with E-state index >= 15 is 0 Å². The van der Waals surface area contributed by atoms with Crippen LogP contribution >= 0.6 is 15.9 Å². The van der Waals surface area contributed by atoms with Gasteiger partial charge in [0.1, 0.15) is 0 Å². The van der Waals surface area contributed by atoms with Crippen LogP contribution < -0.4 is 16.0 Å². The predicted octanol–water partition coefficient (Wildman–Crippen LogP) is 1.77. The van der Waals surface area contributed by atoms with Crippen molar-refractivity contribution in [3.05, 3.63) is 16.8 Å². The van der Waals surface area contributed by atoms with Gasteiger partial charge in [0.2, 0.25) is 5.88 Å². The molecule has 2 rings (SSSR count). The van der Waals surface area contributed by atoms with Crippen molar-refractivity contribution < 1.29 is 9.21 Å². The first-order valence-electron chi connectivity index (χ1n) is 5.25. The van der Waals surface area contributed by atoms with Gasteiger partial charge in [0.05, 0.1) is 0 Å². The summed E-state index contributed by atoms with van der Waals surface area (Å²) in [5.74, 6) is 0.975. The number of carbonyl (C=O) groups is 1. The fourth-order valence-electron chi connectivity index (χ4n) is 1.66. The quantitative estimate of drug-likeness (QED) is 0.794. The maximum atomic E-state index is 11.5. The lowest BCUT2D eigenvalue weighted by Gasteiger charge is -2.09. The van der Waals surface area contributed by atoms with Crippen molar-refractivity contribution in [3.8, 4) is 0 Å². The zero-order valence-corrected chi connectivity index (χ0v) is 10.3. The molecule has 1 aromatic rings. The fourth-order valence-corrected chi connectivity index (χ4v) is 1.97. The highest BCUT2D eigenvalue weighted by molar-refractivity contribution is 9.10. The number of furan rings is 1. The molecule has 3 N–H and O–H groups in total. The van der Waals surface area contributed by atoms with Crippen LogP contribution in [0.25, 0.3) is 0 Å². The van der Waals surface area contributed by atoms with Gasteiger partial charge in [-0.2, -0.15) is 0 Å². The molecule has 0 bridgehead atoms. The molecule has 1 atom stereocenters. The summed E-state index contributed by atoms with van der Waals surface area (Å²) in [7, 11) is 0. The predicted molar refractivity (Wildman–Crippen MR) is 64.4 cm³/mol. The Hall–Kier alpha value is -1.01. The molecule has 1 aliphatic rings. The summed E-state index contributed by atoms with van der Waals surface area (Å²) in [6.45, 7) is 2.71. The molecule has 0 aromatic carbocycles. The van der Waals surface area contributed by atoms with Crippen LogP contribution in [-0.4, -0.2) is 25.7 Å². The molecular weight excluding hydrogens is 274 g/mol. The van der Waals surface area contributed by atoms with Gasteiger partial charge in [-0.3, -0.25) is 5.32 Å². The summed E-state index contributed by atoms with van der Waals surface area (Å²) in [4.78, 5) is 11.5. The van der Waals surface area contributed by atoms with Gasteiger partial charge < -0.3 is 15.1 Å². The number of urea groups is 1. The smallest absolute Gasteiger partial charge is 0.321 e. The number of hydrogen-bond acceptors (Lipinski definition) is 3. The Labute approximate surface area is 102 Å². The Morgan fingerprint density at radius 1 is 1.62 bits per heavy atom. The second-order valence-electron chi connectivity index (χ2n) is 3.80. The van der Waals surface area contributed by atoms with E-state index in [2.05, 4.69) is 31.9 Å². The number of hydrogen-bond donors (Lipinski definition) is 3. The molecule has 0 aliphatic carbocycles. The molecule has 5 nitrogen and oxygen atoms in total. The Bertz CT molecular complexity index is 361. The Morgan fingerprint density at radius 2 is 2.50 bits per heavy atom. The van der Waals surface area contributed by atoms with Gasteiger partial charge in [0.25, 0.3) is 0 Å². The van der Waals surface area contributed by atoms with Gasteiger partial charge in [0, 0.05) is 12.6 Å². The fraction of sp³-hybridized carbons (Fsp3) is 0.500. The first kappa shape index (κ1) is 11.5.